The molecule has 2 amide bonds. The summed E-state index contributed by atoms with van der Waals surface area (Å²) in [5.74, 6) is 0.733. The number of nitrogens with one attached hydrogen (secondary N) is 2. The van der Waals surface area contributed by atoms with Crippen LogP contribution in [0.5, 0.6) is 0 Å². The molecule has 0 atom stereocenters. The van der Waals surface area contributed by atoms with Gasteiger partial charge in [0.15, 0.2) is 5.82 Å². The summed E-state index contributed by atoms with van der Waals surface area (Å²) in [4.78, 5) is 26.2. The Morgan fingerprint density at radius 1 is 1.06 bits per heavy atom. The van der Waals surface area contributed by atoms with Gasteiger partial charge in [-0.1, -0.05) is 30.3 Å². The molecule has 1 aliphatic heterocycles. The van der Waals surface area contributed by atoms with Crippen molar-refractivity contribution in [2.45, 2.75) is 51.2 Å². The Morgan fingerprint density at radius 3 is 2.65 bits per heavy atom. The number of fused-ring (bicyclic) bond motifs is 1. The van der Waals surface area contributed by atoms with Gasteiger partial charge in [0, 0.05) is 19.1 Å². The van der Waals surface area contributed by atoms with Gasteiger partial charge in [-0.15, -0.1) is 5.10 Å². The van der Waals surface area contributed by atoms with Crippen LogP contribution < -0.4 is 15.5 Å². The molecule has 8 heteroatoms. The van der Waals surface area contributed by atoms with Crippen molar-refractivity contribution in [2.75, 3.05) is 24.5 Å². The Morgan fingerprint density at radius 2 is 1.84 bits per heavy atom. The van der Waals surface area contributed by atoms with Gasteiger partial charge in [-0.2, -0.15) is 5.10 Å². The molecule has 4 rings (SSSR count). The molecule has 0 saturated carbocycles. The average Bonchev–Trinajstić information content (AvgIpc) is 2.82. The number of anilines is 1. The molecular weight excluding hydrogens is 394 g/mol. The van der Waals surface area contributed by atoms with Crippen LogP contribution >= 0.6 is 0 Å². The Bertz CT molecular complexity index is 897. The van der Waals surface area contributed by atoms with Gasteiger partial charge in [-0.25, -0.2) is 4.79 Å². The zero-order valence-electron chi connectivity index (χ0n) is 17.7. The maximum atomic E-state index is 12.2. The van der Waals surface area contributed by atoms with E-state index in [2.05, 4.69) is 31.8 Å². The van der Waals surface area contributed by atoms with Gasteiger partial charge in [0.05, 0.1) is 5.69 Å². The second-order valence-electron chi connectivity index (χ2n) is 8.13. The maximum absolute atomic E-state index is 12.2. The molecule has 2 N–H and O–H groups in total. The first-order valence-corrected chi connectivity index (χ1v) is 11.0. The smallest absolute Gasteiger partial charge is 0.407 e. The van der Waals surface area contributed by atoms with Crippen LogP contribution in [0.25, 0.3) is 0 Å². The van der Waals surface area contributed by atoms with E-state index in [1.807, 2.05) is 30.3 Å². The van der Waals surface area contributed by atoms with Gasteiger partial charge >= 0.3 is 6.09 Å². The standard InChI is InChI=1S/C23H29N5O3/c29-22(15-24-23(30)31-16-17-6-2-1-3-7-17)25-19-10-12-28(13-11-19)21-14-18-8-4-5-9-20(18)26-27-21/h1-3,6-7,14,19H,4-5,8-13,15-16H2,(H,24,30)(H,25,29). The number of carbonyl (C=O) groups is 2. The molecular formula is C23H29N5O3. The van der Waals surface area contributed by atoms with Crippen molar-refractivity contribution in [2.24, 2.45) is 0 Å². The van der Waals surface area contributed by atoms with E-state index >= 15 is 0 Å². The number of amides is 2. The fourth-order valence-corrected chi connectivity index (χ4v) is 4.09. The van der Waals surface area contributed by atoms with Crippen molar-refractivity contribution >= 4 is 17.8 Å². The highest BCUT2D eigenvalue weighted by atomic mass is 16.5. The number of aryl methyl sites for hydroxylation is 2. The molecule has 1 fully saturated rings. The topological polar surface area (TPSA) is 96.5 Å². The molecule has 2 aromatic rings. The van der Waals surface area contributed by atoms with Crippen LogP contribution in [0.1, 0.15) is 42.5 Å². The van der Waals surface area contributed by atoms with E-state index in [0.717, 1.165) is 55.8 Å². The Labute approximate surface area is 182 Å². The minimum absolute atomic E-state index is 0.0931. The molecule has 1 saturated heterocycles. The van der Waals surface area contributed by atoms with E-state index in [1.165, 1.54) is 18.4 Å². The van der Waals surface area contributed by atoms with Crippen LogP contribution in [0.2, 0.25) is 0 Å². The number of alkyl carbamates (subject to hydrolysis) is 1. The van der Waals surface area contributed by atoms with Crippen molar-refractivity contribution in [3.8, 4) is 0 Å². The lowest BCUT2D eigenvalue weighted by molar-refractivity contribution is -0.121. The number of aromatic nitrogens is 2. The van der Waals surface area contributed by atoms with E-state index in [9.17, 15) is 9.59 Å². The maximum Gasteiger partial charge on any atom is 0.407 e. The van der Waals surface area contributed by atoms with Crippen LogP contribution in [-0.4, -0.2) is 47.9 Å². The second-order valence-corrected chi connectivity index (χ2v) is 8.13. The number of nitrogens with zero attached hydrogens (tertiary/aromatic N) is 3. The van der Waals surface area contributed by atoms with Gasteiger partial charge in [-0.3, -0.25) is 4.79 Å². The number of piperidine rings is 1. The molecule has 0 bridgehead atoms. The quantitative estimate of drug-likeness (QED) is 0.741. The summed E-state index contributed by atoms with van der Waals surface area (Å²) in [7, 11) is 0. The zero-order valence-corrected chi connectivity index (χ0v) is 17.7. The molecule has 1 aromatic carbocycles. The Kier molecular flexibility index (Phi) is 6.96. The molecule has 2 heterocycles. The van der Waals surface area contributed by atoms with Crippen molar-refractivity contribution in [3.05, 3.63) is 53.2 Å². The fraction of sp³-hybridized carbons (Fsp3) is 0.478. The highest BCUT2D eigenvalue weighted by Gasteiger charge is 2.23. The van der Waals surface area contributed by atoms with Crippen LogP contribution in [0.15, 0.2) is 36.4 Å². The predicted molar refractivity (Wildman–Crippen MR) is 117 cm³/mol. The molecule has 2 aliphatic rings. The number of benzene rings is 1. The van der Waals surface area contributed by atoms with Gasteiger partial charge in [0.1, 0.15) is 13.2 Å². The Hall–Kier alpha value is -3.16. The van der Waals surface area contributed by atoms with E-state index in [1.54, 1.807) is 0 Å². The van der Waals surface area contributed by atoms with E-state index in [0.29, 0.717) is 0 Å². The van der Waals surface area contributed by atoms with E-state index in [4.69, 9.17) is 4.74 Å². The SMILES string of the molecule is O=C(CNC(=O)OCc1ccccc1)NC1CCN(c2cc3c(nn2)CCCC3)CC1. The van der Waals surface area contributed by atoms with Gasteiger partial charge in [0.25, 0.3) is 0 Å². The number of rotatable bonds is 6. The Balaban J connectivity index is 1.16. The monoisotopic (exact) mass is 423 g/mol. The van der Waals surface area contributed by atoms with Crippen LogP contribution in [-0.2, 0) is 29.0 Å². The van der Waals surface area contributed by atoms with Crippen molar-refractivity contribution in [1.29, 1.82) is 0 Å². The largest absolute Gasteiger partial charge is 0.445 e. The van der Waals surface area contributed by atoms with E-state index in [-0.39, 0.29) is 25.1 Å². The van der Waals surface area contributed by atoms with Crippen molar-refractivity contribution in [3.63, 3.8) is 0 Å². The van der Waals surface area contributed by atoms with Crippen LogP contribution in [0, 0.1) is 0 Å². The summed E-state index contributed by atoms with van der Waals surface area (Å²) in [5.41, 5.74) is 3.38. The van der Waals surface area contributed by atoms with Crippen LogP contribution in [0.4, 0.5) is 10.6 Å². The first-order valence-electron chi connectivity index (χ1n) is 11.0. The summed E-state index contributed by atoms with van der Waals surface area (Å²) >= 11 is 0. The lowest BCUT2D eigenvalue weighted by Gasteiger charge is -2.33. The fourth-order valence-electron chi connectivity index (χ4n) is 4.09. The predicted octanol–water partition coefficient (Wildman–Crippen LogP) is 2.37. The first-order chi connectivity index (χ1) is 15.2. The third kappa shape index (κ3) is 5.93. The molecule has 31 heavy (non-hydrogen) atoms. The second kappa shape index (κ2) is 10.2. The molecule has 1 aromatic heterocycles. The zero-order chi connectivity index (χ0) is 21.5. The minimum atomic E-state index is -0.597. The highest BCUT2D eigenvalue weighted by molar-refractivity contribution is 5.82. The highest BCUT2D eigenvalue weighted by Crippen LogP contribution is 2.24. The lowest BCUT2D eigenvalue weighted by Crippen LogP contribution is -2.47. The normalized spacial score (nSPS) is 16.3. The third-order valence-corrected chi connectivity index (χ3v) is 5.85. The summed E-state index contributed by atoms with van der Waals surface area (Å²) in [6, 6.07) is 11.7. The van der Waals surface area contributed by atoms with Crippen LogP contribution in [0.3, 0.4) is 0 Å². The first kappa shape index (κ1) is 21.1. The molecule has 0 unspecified atom stereocenters. The summed E-state index contributed by atoms with van der Waals surface area (Å²) < 4.78 is 5.12. The lowest BCUT2D eigenvalue weighted by atomic mass is 9.96. The molecule has 0 radical (unpaired) electrons. The molecule has 1 aliphatic carbocycles. The average molecular weight is 424 g/mol. The van der Waals surface area contributed by atoms with E-state index < -0.39 is 6.09 Å². The summed E-state index contributed by atoms with van der Waals surface area (Å²) in [6.45, 7) is 1.73. The third-order valence-electron chi connectivity index (χ3n) is 5.85. The number of carbonyl (C=O) groups excluding carboxylic acids is 2. The number of hydrogen-bond donors (Lipinski definition) is 2. The van der Waals surface area contributed by atoms with Crippen molar-refractivity contribution < 1.29 is 14.3 Å². The van der Waals surface area contributed by atoms with Gasteiger partial charge in [0.2, 0.25) is 5.91 Å². The minimum Gasteiger partial charge on any atom is -0.445 e. The van der Waals surface area contributed by atoms with Gasteiger partial charge < -0.3 is 20.3 Å². The molecule has 0 spiro atoms. The number of ether oxygens (including phenoxy) is 1. The summed E-state index contributed by atoms with van der Waals surface area (Å²) in [5, 5.41) is 14.3. The summed E-state index contributed by atoms with van der Waals surface area (Å²) in [6.07, 6.45) is 5.62. The van der Waals surface area contributed by atoms with Gasteiger partial charge in [-0.05, 0) is 55.7 Å². The molecule has 8 nitrogen and oxygen atoms in total. The van der Waals surface area contributed by atoms with Crippen molar-refractivity contribution in [1.82, 2.24) is 20.8 Å². The number of hydrogen-bond acceptors (Lipinski definition) is 6. The molecule has 164 valence electrons.